The molecule has 0 radical (unpaired) electrons. The van der Waals surface area contributed by atoms with Gasteiger partial charge in [0.05, 0.1) is 11.1 Å². The standard InChI is InChI=1S/C21H17N3O3S/c1-13-5-4-6-14(11-13)12-17(18(25)23-21-22-9-10-28-21)24-19(26)15-7-2-3-8-16(15)20(24)27/h2-11,17H,12H2,1H3,(H,22,23,25). The van der Waals surface area contributed by atoms with Crippen LogP contribution < -0.4 is 5.32 Å². The average Bonchev–Trinajstić information content (AvgIpc) is 3.28. The third-order valence-electron chi connectivity index (χ3n) is 4.61. The van der Waals surface area contributed by atoms with Gasteiger partial charge in [0.25, 0.3) is 11.8 Å². The minimum absolute atomic E-state index is 0.227. The first-order valence-electron chi connectivity index (χ1n) is 8.77. The maximum atomic E-state index is 13.0. The number of nitrogens with zero attached hydrogens (tertiary/aromatic N) is 2. The van der Waals surface area contributed by atoms with E-state index in [4.69, 9.17) is 0 Å². The van der Waals surface area contributed by atoms with E-state index in [-0.39, 0.29) is 6.42 Å². The number of rotatable bonds is 5. The minimum Gasteiger partial charge on any atom is -0.300 e. The number of carbonyl (C=O) groups is 3. The Morgan fingerprint density at radius 2 is 1.82 bits per heavy atom. The highest BCUT2D eigenvalue weighted by molar-refractivity contribution is 7.13. The lowest BCUT2D eigenvalue weighted by atomic mass is 10.0. The highest BCUT2D eigenvalue weighted by Crippen LogP contribution is 2.27. The number of fused-ring (bicyclic) bond motifs is 1. The van der Waals surface area contributed by atoms with Gasteiger partial charge in [-0.1, -0.05) is 42.0 Å². The van der Waals surface area contributed by atoms with Gasteiger partial charge in [0.2, 0.25) is 5.91 Å². The number of amides is 3. The summed E-state index contributed by atoms with van der Waals surface area (Å²) in [5.41, 5.74) is 2.56. The molecule has 3 aromatic rings. The van der Waals surface area contributed by atoms with Crippen LogP contribution in [0.5, 0.6) is 0 Å². The zero-order chi connectivity index (χ0) is 19.7. The Labute approximate surface area is 165 Å². The Morgan fingerprint density at radius 3 is 2.43 bits per heavy atom. The van der Waals surface area contributed by atoms with Crippen molar-refractivity contribution in [3.8, 4) is 0 Å². The molecule has 3 amide bonds. The van der Waals surface area contributed by atoms with Crippen molar-refractivity contribution >= 4 is 34.2 Å². The van der Waals surface area contributed by atoms with E-state index in [0.29, 0.717) is 16.3 Å². The molecule has 0 aliphatic carbocycles. The third-order valence-corrected chi connectivity index (χ3v) is 5.30. The van der Waals surface area contributed by atoms with Gasteiger partial charge in [0.1, 0.15) is 6.04 Å². The quantitative estimate of drug-likeness (QED) is 0.677. The highest BCUT2D eigenvalue weighted by atomic mass is 32.1. The number of thiazole rings is 1. The molecule has 6 nitrogen and oxygen atoms in total. The molecule has 1 aliphatic heterocycles. The van der Waals surface area contributed by atoms with E-state index in [0.717, 1.165) is 16.0 Å². The molecule has 140 valence electrons. The van der Waals surface area contributed by atoms with Crippen LogP contribution in [0.15, 0.2) is 60.1 Å². The van der Waals surface area contributed by atoms with Crippen molar-refractivity contribution in [2.75, 3.05) is 5.32 Å². The summed E-state index contributed by atoms with van der Waals surface area (Å²) in [4.78, 5) is 44.0. The van der Waals surface area contributed by atoms with Crippen LogP contribution in [-0.2, 0) is 11.2 Å². The first-order chi connectivity index (χ1) is 13.5. The van der Waals surface area contributed by atoms with Gasteiger partial charge in [-0.15, -0.1) is 11.3 Å². The van der Waals surface area contributed by atoms with Gasteiger partial charge < -0.3 is 5.32 Å². The normalized spacial score (nSPS) is 14.1. The van der Waals surface area contributed by atoms with Crippen LogP contribution in [0, 0.1) is 6.92 Å². The van der Waals surface area contributed by atoms with Crippen LogP contribution in [-0.4, -0.2) is 33.6 Å². The third kappa shape index (κ3) is 3.32. The lowest BCUT2D eigenvalue weighted by Crippen LogP contribution is -2.48. The topological polar surface area (TPSA) is 79.4 Å². The Kier molecular flexibility index (Phi) is 4.75. The summed E-state index contributed by atoms with van der Waals surface area (Å²) in [6, 6.07) is 13.3. The Morgan fingerprint density at radius 1 is 1.11 bits per heavy atom. The molecule has 0 spiro atoms. The first-order valence-corrected chi connectivity index (χ1v) is 9.65. The lowest BCUT2D eigenvalue weighted by Gasteiger charge is -2.25. The molecule has 1 N–H and O–H groups in total. The van der Waals surface area contributed by atoms with E-state index in [2.05, 4.69) is 10.3 Å². The number of anilines is 1. The van der Waals surface area contributed by atoms with Crippen molar-refractivity contribution in [3.05, 3.63) is 82.4 Å². The summed E-state index contributed by atoms with van der Waals surface area (Å²) in [7, 11) is 0. The Hall–Kier alpha value is -3.32. The van der Waals surface area contributed by atoms with Crippen LogP contribution >= 0.6 is 11.3 Å². The molecule has 28 heavy (non-hydrogen) atoms. The van der Waals surface area contributed by atoms with E-state index >= 15 is 0 Å². The number of aryl methyl sites for hydroxylation is 1. The van der Waals surface area contributed by atoms with Crippen molar-refractivity contribution in [3.63, 3.8) is 0 Å². The number of carbonyl (C=O) groups excluding carboxylic acids is 3. The maximum absolute atomic E-state index is 13.0. The zero-order valence-electron chi connectivity index (χ0n) is 15.1. The fraction of sp³-hybridized carbons (Fsp3) is 0.143. The second kappa shape index (κ2) is 7.36. The number of hydrogen-bond acceptors (Lipinski definition) is 5. The summed E-state index contributed by atoms with van der Waals surface area (Å²) in [6.45, 7) is 1.95. The highest BCUT2D eigenvalue weighted by Gasteiger charge is 2.42. The molecule has 1 aliphatic rings. The fourth-order valence-corrected chi connectivity index (χ4v) is 3.86. The van der Waals surface area contributed by atoms with Gasteiger partial charge >= 0.3 is 0 Å². The van der Waals surface area contributed by atoms with Crippen LogP contribution in [0.25, 0.3) is 0 Å². The van der Waals surface area contributed by atoms with Crippen molar-refractivity contribution in [1.82, 2.24) is 9.88 Å². The Balaban J connectivity index is 1.69. The average molecular weight is 391 g/mol. The molecule has 1 aromatic heterocycles. The second-order valence-corrected chi connectivity index (χ2v) is 7.46. The molecular weight excluding hydrogens is 374 g/mol. The molecule has 4 rings (SSSR count). The molecule has 0 bridgehead atoms. The molecule has 2 heterocycles. The predicted molar refractivity (Wildman–Crippen MR) is 106 cm³/mol. The zero-order valence-corrected chi connectivity index (χ0v) is 15.9. The van der Waals surface area contributed by atoms with Crippen LogP contribution in [0.2, 0.25) is 0 Å². The monoisotopic (exact) mass is 391 g/mol. The fourth-order valence-electron chi connectivity index (χ4n) is 3.33. The summed E-state index contributed by atoms with van der Waals surface area (Å²) in [5, 5.41) is 4.89. The van der Waals surface area contributed by atoms with Gasteiger partial charge in [-0.05, 0) is 24.6 Å². The summed E-state index contributed by atoms with van der Waals surface area (Å²) >= 11 is 1.28. The van der Waals surface area contributed by atoms with Gasteiger partial charge in [-0.25, -0.2) is 4.98 Å². The minimum atomic E-state index is -0.974. The number of benzene rings is 2. The Bertz CT molecular complexity index is 1030. The number of nitrogens with one attached hydrogen (secondary N) is 1. The molecule has 1 unspecified atom stereocenters. The summed E-state index contributed by atoms with van der Waals surface area (Å²) in [5.74, 6) is -1.34. The molecule has 7 heteroatoms. The van der Waals surface area contributed by atoms with Gasteiger partial charge in [-0.2, -0.15) is 0 Å². The molecule has 2 aromatic carbocycles. The second-order valence-electron chi connectivity index (χ2n) is 6.56. The van der Waals surface area contributed by atoms with E-state index in [1.54, 1.807) is 35.8 Å². The van der Waals surface area contributed by atoms with Crippen molar-refractivity contribution < 1.29 is 14.4 Å². The number of imide groups is 1. The largest absolute Gasteiger partial charge is 0.300 e. The first kappa shape index (κ1) is 18.1. The van der Waals surface area contributed by atoms with E-state index in [9.17, 15) is 14.4 Å². The SMILES string of the molecule is Cc1cccc(CC(C(=O)Nc2nccs2)N2C(=O)c3ccccc3C2=O)c1. The van der Waals surface area contributed by atoms with Crippen LogP contribution in [0.3, 0.4) is 0 Å². The van der Waals surface area contributed by atoms with E-state index in [1.807, 2.05) is 31.2 Å². The smallest absolute Gasteiger partial charge is 0.262 e. The van der Waals surface area contributed by atoms with Crippen molar-refractivity contribution in [2.24, 2.45) is 0 Å². The molecular formula is C21H17N3O3S. The van der Waals surface area contributed by atoms with Crippen LogP contribution in [0.1, 0.15) is 31.8 Å². The van der Waals surface area contributed by atoms with E-state index in [1.165, 1.54) is 11.3 Å². The lowest BCUT2D eigenvalue weighted by molar-refractivity contribution is -0.119. The summed E-state index contributed by atoms with van der Waals surface area (Å²) in [6.07, 6.45) is 1.81. The number of aromatic nitrogens is 1. The van der Waals surface area contributed by atoms with E-state index < -0.39 is 23.8 Å². The van der Waals surface area contributed by atoms with Crippen LogP contribution in [0.4, 0.5) is 5.13 Å². The maximum Gasteiger partial charge on any atom is 0.262 e. The van der Waals surface area contributed by atoms with Crippen molar-refractivity contribution in [1.29, 1.82) is 0 Å². The summed E-state index contributed by atoms with van der Waals surface area (Å²) < 4.78 is 0. The van der Waals surface area contributed by atoms with Crippen molar-refractivity contribution in [2.45, 2.75) is 19.4 Å². The molecule has 1 atom stereocenters. The van der Waals surface area contributed by atoms with Gasteiger partial charge in [-0.3, -0.25) is 19.3 Å². The molecule has 0 saturated carbocycles. The molecule has 0 saturated heterocycles. The number of hydrogen-bond donors (Lipinski definition) is 1. The van der Waals surface area contributed by atoms with Gasteiger partial charge in [0.15, 0.2) is 5.13 Å². The predicted octanol–water partition coefficient (Wildman–Crippen LogP) is 3.30. The molecule has 0 fully saturated rings. The van der Waals surface area contributed by atoms with Gasteiger partial charge in [0, 0.05) is 18.0 Å².